The molecule has 0 amide bonds. The molecule has 5 nitrogen and oxygen atoms in total. The number of rotatable bonds is 2. The summed E-state index contributed by atoms with van der Waals surface area (Å²) in [5, 5.41) is 3.18. The third-order valence-corrected chi connectivity index (χ3v) is 3.01. The number of nitrogens with zero attached hydrogens (tertiary/aromatic N) is 2. The van der Waals surface area contributed by atoms with Crippen molar-refractivity contribution in [2.45, 2.75) is 6.92 Å². The molecule has 0 saturated carbocycles. The minimum atomic E-state index is -0.552. The molecule has 2 aromatic rings. The maximum atomic E-state index is 12.0. The number of hydrogen-bond acceptors (Lipinski definition) is 4. The number of pyridine rings is 1. The lowest BCUT2D eigenvalue weighted by atomic mass is 10.3. The van der Waals surface area contributed by atoms with E-state index >= 15 is 0 Å². The predicted molar refractivity (Wildman–Crippen MR) is 69.5 cm³/mol. The van der Waals surface area contributed by atoms with Crippen LogP contribution in [0.2, 0.25) is 5.15 Å². The molecule has 7 heteroatoms. The molecule has 94 valence electrons. The molecule has 0 fully saturated rings. The second-order valence-electron chi connectivity index (χ2n) is 3.66. The normalized spacial score (nSPS) is 10.4. The molecule has 2 aromatic heterocycles. The second kappa shape index (κ2) is 4.91. The molecular weight excluding hydrogens is 274 g/mol. The van der Waals surface area contributed by atoms with E-state index in [0.29, 0.717) is 15.9 Å². The number of carbonyl (C=O) groups excluding carboxylic acids is 1. The van der Waals surface area contributed by atoms with E-state index in [-0.39, 0.29) is 11.0 Å². The zero-order valence-corrected chi connectivity index (χ0v) is 11.3. The van der Waals surface area contributed by atoms with Crippen molar-refractivity contribution in [3.63, 3.8) is 0 Å². The third-order valence-electron chi connectivity index (χ3n) is 2.32. The average Bonchev–Trinajstić information content (AvgIpc) is 2.53. The van der Waals surface area contributed by atoms with Crippen molar-refractivity contribution in [1.29, 1.82) is 0 Å². The molecule has 0 aromatic carbocycles. The molecular formula is C11H10ClN3O2S. The van der Waals surface area contributed by atoms with E-state index < -0.39 is 5.97 Å². The van der Waals surface area contributed by atoms with Crippen LogP contribution in [-0.4, -0.2) is 20.7 Å². The van der Waals surface area contributed by atoms with Gasteiger partial charge in [-0.3, -0.25) is 4.68 Å². The summed E-state index contributed by atoms with van der Waals surface area (Å²) in [5.41, 5.74) is 0.976. The Labute approximate surface area is 113 Å². The van der Waals surface area contributed by atoms with Gasteiger partial charge in [-0.2, -0.15) is 0 Å². The number of esters is 1. The van der Waals surface area contributed by atoms with E-state index in [1.54, 1.807) is 36.9 Å². The van der Waals surface area contributed by atoms with E-state index in [9.17, 15) is 4.79 Å². The van der Waals surface area contributed by atoms with E-state index in [2.05, 4.69) is 10.1 Å². The Morgan fingerprint density at radius 3 is 2.83 bits per heavy atom. The zero-order chi connectivity index (χ0) is 13.3. The number of carbonyl (C=O) groups is 1. The largest absolute Gasteiger partial charge is 0.404 e. The molecule has 0 aliphatic rings. The third kappa shape index (κ3) is 2.44. The second-order valence-corrected chi connectivity index (χ2v) is 4.44. The Kier molecular flexibility index (Phi) is 3.49. The van der Waals surface area contributed by atoms with Crippen LogP contribution in [0.5, 0.6) is 5.88 Å². The van der Waals surface area contributed by atoms with Crippen LogP contribution in [0.1, 0.15) is 16.1 Å². The highest BCUT2D eigenvalue weighted by atomic mass is 35.5. The zero-order valence-electron chi connectivity index (χ0n) is 9.73. The minimum absolute atomic E-state index is 0.144. The van der Waals surface area contributed by atoms with Crippen molar-refractivity contribution >= 4 is 29.8 Å². The number of aromatic nitrogens is 3. The monoisotopic (exact) mass is 283 g/mol. The fraction of sp³-hybridized carbons (Fsp3) is 0.182. The molecule has 0 aliphatic carbocycles. The van der Waals surface area contributed by atoms with Gasteiger partial charge < -0.3 is 9.84 Å². The summed E-state index contributed by atoms with van der Waals surface area (Å²) in [7, 11) is 1.73. The highest BCUT2D eigenvalue weighted by Gasteiger charge is 2.17. The number of H-pyrrole nitrogens is 1. The number of nitrogens with one attached hydrogen (secondary N) is 1. The van der Waals surface area contributed by atoms with E-state index in [1.165, 1.54) is 0 Å². The summed E-state index contributed by atoms with van der Waals surface area (Å²) in [6, 6.07) is 4.80. The average molecular weight is 284 g/mol. The first-order valence-corrected chi connectivity index (χ1v) is 5.88. The smallest absolute Gasteiger partial charge is 0.349 e. The van der Waals surface area contributed by atoms with Crippen molar-refractivity contribution in [1.82, 2.24) is 14.8 Å². The maximum absolute atomic E-state index is 12.0. The van der Waals surface area contributed by atoms with Gasteiger partial charge in [0.15, 0.2) is 0 Å². The Balaban J connectivity index is 2.30. The van der Waals surface area contributed by atoms with Crippen LogP contribution in [0.25, 0.3) is 0 Å². The van der Waals surface area contributed by atoms with Crippen LogP contribution in [0, 0.1) is 11.6 Å². The lowest BCUT2D eigenvalue weighted by Crippen LogP contribution is -2.10. The van der Waals surface area contributed by atoms with Gasteiger partial charge in [-0.1, -0.05) is 29.9 Å². The summed E-state index contributed by atoms with van der Waals surface area (Å²) >= 11 is 10.8. The lowest BCUT2D eigenvalue weighted by Gasteiger charge is -2.02. The Morgan fingerprint density at radius 1 is 1.56 bits per heavy atom. The van der Waals surface area contributed by atoms with E-state index in [4.69, 9.17) is 28.6 Å². The van der Waals surface area contributed by atoms with Crippen LogP contribution in [0.3, 0.4) is 0 Å². The number of halogens is 1. The van der Waals surface area contributed by atoms with Crippen molar-refractivity contribution in [2.24, 2.45) is 7.05 Å². The summed E-state index contributed by atoms with van der Waals surface area (Å²) in [6.45, 7) is 1.75. The van der Waals surface area contributed by atoms with E-state index in [1.807, 2.05) is 0 Å². The summed E-state index contributed by atoms with van der Waals surface area (Å²) in [6.07, 6.45) is 0. The molecule has 1 N–H and O–H groups in total. The Hall–Kier alpha value is -1.66. The molecule has 2 heterocycles. The Bertz CT molecular complexity index is 663. The van der Waals surface area contributed by atoms with Gasteiger partial charge in [-0.25, -0.2) is 9.78 Å². The van der Waals surface area contributed by atoms with Crippen LogP contribution in [0.4, 0.5) is 0 Å². The Morgan fingerprint density at radius 2 is 2.28 bits per heavy atom. The van der Waals surface area contributed by atoms with Gasteiger partial charge in [-0.15, -0.1) is 0 Å². The molecule has 0 radical (unpaired) electrons. The molecule has 0 spiro atoms. The van der Waals surface area contributed by atoms with Crippen molar-refractivity contribution in [3.05, 3.63) is 39.3 Å². The molecule has 2 rings (SSSR count). The standard InChI is InChI=1S/C11H10ClN3O2S/c1-6-9(10(18)15(2)14-6)11(16)17-8-5-3-4-7(12)13-8/h3-5,14H,1-2H3. The first-order chi connectivity index (χ1) is 8.49. The number of aryl methyl sites for hydroxylation is 2. The lowest BCUT2D eigenvalue weighted by molar-refractivity contribution is 0.0726. The SMILES string of the molecule is Cc1[nH]n(C)c(=S)c1C(=O)Oc1cccc(Cl)n1. The van der Waals surface area contributed by atoms with Gasteiger partial charge in [-0.05, 0) is 13.0 Å². The predicted octanol–water partition coefficient (Wildman–Crippen LogP) is 2.66. The molecule has 0 aliphatic heterocycles. The molecule has 0 unspecified atom stereocenters. The van der Waals surface area contributed by atoms with Crippen LogP contribution in [0.15, 0.2) is 18.2 Å². The minimum Gasteiger partial charge on any atom is -0.404 e. The van der Waals surface area contributed by atoms with Gasteiger partial charge in [0.05, 0.1) is 0 Å². The molecule has 0 atom stereocenters. The molecule has 0 bridgehead atoms. The summed E-state index contributed by atoms with van der Waals surface area (Å²) < 4.78 is 7.09. The van der Waals surface area contributed by atoms with Gasteiger partial charge >= 0.3 is 5.97 Å². The van der Waals surface area contributed by atoms with Gasteiger partial charge in [0.1, 0.15) is 15.4 Å². The van der Waals surface area contributed by atoms with E-state index in [0.717, 1.165) is 0 Å². The fourth-order valence-electron chi connectivity index (χ4n) is 1.52. The van der Waals surface area contributed by atoms with Crippen molar-refractivity contribution in [2.75, 3.05) is 0 Å². The van der Waals surface area contributed by atoms with Crippen LogP contribution >= 0.6 is 23.8 Å². The molecule has 18 heavy (non-hydrogen) atoms. The topological polar surface area (TPSA) is 59.9 Å². The summed E-state index contributed by atoms with van der Waals surface area (Å²) in [5.74, 6) is -0.408. The number of aromatic amines is 1. The highest BCUT2D eigenvalue weighted by molar-refractivity contribution is 7.71. The van der Waals surface area contributed by atoms with Crippen LogP contribution in [-0.2, 0) is 7.05 Å². The van der Waals surface area contributed by atoms with Crippen molar-refractivity contribution in [3.8, 4) is 5.88 Å². The first kappa shape index (κ1) is 12.8. The molecule has 0 saturated heterocycles. The number of ether oxygens (including phenoxy) is 1. The fourth-order valence-corrected chi connectivity index (χ4v) is 1.96. The number of hydrogen-bond donors (Lipinski definition) is 1. The van der Waals surface area contributed by atoms with Crippen LogP contribution < -0.4 is 4.74 Å². The highest BCUT2D eigenvalue weighted by Crippen LogP contribution is 2.15. The van der Waals surface area contributed by atoms with Gasteiger partial charge in [0, 0.05) is 18.8 Å². The maximum Gasteiger partial charge on any atom is 0.349 e. The van der Waals surface area contributed by atoms with Gasteiger partial charge in [0.25, 0.3) is 0 Å². The summed E-state index contributed by atoms with van der Waals surface area (Å²) in [4.78, 5) is 15.9. The first-order valence-electron chi connectivity index (χ1n) is 5.09. The van der Waals surface area contributed by atoms with Crippen molar-refractivity contribution < 1.29 is 9.53 Å². The quantitative estimate of drug-likeness (QED) is 0.523. The van der Waals surface area contributed by atoms with Gasteiger partial charge in [0.2, 0.25) is 5.88 Å².